The van der Waals surface area contributed by atoms with Gasteiger partial charge in [0.2, 0.25) is 0 Å². The van der Waals surface area contributed by atoms with E-state index < -0.39 is 0 Å². The van der Waals surface area contributed by atoms with Gasteiger partial charge in [0.05, 0.1) is 5.83 Å². The molecule has 0 aliphatic carbocycles. The van der Waals surface area contributed by atoms with E-state index in [-0.39, 0.29) is 18.4 Å². The molecule has 1 unspecified atom stereocenters. The highest BCUT2D eigenvalue weighted by Gasteiger charge is 2.01. The molecule has 0 rings (SSSR count). The highest BCUT2D eigenvalue weighted by Crippen LogP contribution is 2.09. The van der Waals surface area contributed by atoms with Crippen LogP contribution in [0, 0.1) is 5.92 Å². The molecule has 0 radical (unpaired) electrons. The standard InChI is InChI=1S/C8H15FO/c1-3-8(6-10)5-4-7(2)9/h4,8,10H,3,5-6H2,1-2H3/b7-4+. The van der Waals surface area contributed by atoms with Crippen LogP contribution >= 0.6 is 0 Å². The molecule has 2 heteroatoms. The smallest absolute Gasteiger partial charge is 0.0929 e. The summed E-state index contributed by atoms with van der Waals surface area (Å²) >= 11 is 0. The third-order valence-electron chi connectivity index (χ3n) is 1.57. The minimum atomic E-state index is -0.160. The highest BCUT2D eigenvalue weighted by atomic mass is 19.1. The Morgan fingerprint density at radius 3 is 2.60 bits per heavy atom. The molecular weight excluding hydrogens is 131 g/mol. The molecule has 60 valence electrons. The summed E-state index contributed by atoms with van der Waals surface area (Å²) in [6.45, 7) is 3.56. The van der Waals surface area contributed by atoms with Crippen molar-refractivity contribution in [1.29, 1.82) is 0 Å². The van der Waals surface area contributed by atoms with Gasteiger partial charge in [0.1, 0.15) is 0 Å². The second-order valence-electron chi connectivity index (χ2n) is 2.48. The van der Waals surface area contributed by atoms with Crippen LogP contribution in [0.2, 0.25) is 0 Å². The Hall–Kier alpha value is -0.370. The summed E-state index contributed by atoms with van der Waals surface area (Å²) in [6, 6.07) is 0. The molecule has 0 aromatic carbocycles. The largest absolute Gasteiger partial charge is 0.396 e. The fraction of sp³-hybridized carbons (Fsp3) is 0.750. The molecule has 1 N–H and O–H groups in total. The van der Waals surface area contributed by atoms with Gasteiger partial charge >= 0.3 is 0 Å². The predicted molar refractivity (Wildman–Crippen MR) is 40.3 cm³/mol. The maximum absolute atomic E-state index is 12.1. The fourth-order valence-corrected chi connectivity index (χ4v) is 0.699. The van der Waals surface area contributed by atoms with Crippen molar-refractivity contribution in [3.05, 3.63) is 11.9 Å². The van der Waals surface area contributed by atoms with Crippen molar-refractivity contribution in [2.75, 3.05) is 6.61 Å². The lowest BCUT2D eigenvalue weighted by Crippen LogP contribution is -2.02. The van der Waals surface area contributed by atoms with Gasteiger partial charge < -0.3 is 5.11 Å². The van der Waals surface area contributed by atoms with Crippen LogP contribution in [0.1, 0.15) is 26.7 Å². The van der Waals surface area contributed by atoms with Gasteiger partial charge in [0.25, 0.3) is 0 Å². The molecule has 0 saturated heterocycles. The lowest BCUT2D eigenvalue weighted by molar-refractivity contribution is 0.223. The number of hydrogen-bond donors (Lipinski definition) is 1. The average molecular weight is 146 g/mol. The van der Waals surface area contributed by atoms with E-state index in [2.05, 4.69) is 0 Å². The van der Waals surface area contributed by atoms with Crippen molar-refractivity contribution in [3.63, 3.8) is 0 Å². The summed E-state index contributed by atoms with van der Waals surface area (Å²) in [7, 11) is 0. The van der Waals surface area contributed by atoms with Crippen molar-refractivity contribution in [1.82, 2.24) is 0 Å². The molecule has 0 heterocycles. The molecule has 0 amide bonds. The van der Waals surface area contributed by atoms with E-state index in [0.717, 1.165) is 6.42 Å². The zero-order chi connectivity index (χ0) is 7.98. The molecule has 0 saturated carbocycles. The number of aliphatic hydroxyl groups is 1. The molecule has 0 aromatic heterocycles. The Morgan fingerprint density at radius 1 is 1.70 bits per heavy atom. The number of hydrogen-bond acceptors (Lipinski definition) is 1. The van der Waals surface area contributed by atoms with Crippen LogP contribution < -0.4 is 0 Å². The number of aliphatic hydroxyl groups excluding tert-OH is 1. The Kier molecular flexibility index (Phi) is 5.22. The van der Waals surface area contributed by atoms with Crippen molar-refractivity contribution >= 4 is 0 Å². The average Bonchev–Trinajstić information content (AvgIpc) is 1.90. The predicted octanol–water partition coefficient (Wildman–Crippen LogP) is 2.27. The molecule has 1 nitrogen and oxygen atoms in total. The van der Waals surface area contributed by atoms with Gasteiger partial charge in [-0.3, -0.25) is 0 Å². The quantitative estimate of drug-likeness (QED) is 0.645. The molecule has 0 fully saturated rings. The number of halogens is 1. The van der Waals surface area contributed by atoms with Crippen molar-refractivity contribution in [2.24, 2.45) is 5.92 Å². The first-order chi connectivity index (χ1) is 4.70. The van der Waals surface area contributed by atoms with Gasteiger partial charge in [-0.05, 0) is 19.3 Å². The van der Waals surface area contributed by atoms with E-state index in [1.807, 2.05) is 6.92 Å². The van der Waals surface area contributed by atoms with Gasteiger partial charge in [0.15, 0.2) is 0 Å². The van der Waals surface area contributed by atoms with Gasteiger partial charge in [-0.1, -0.05) is 19.4 Å². The molecular formula is C8H15FO. The van der Waals surface area contributed by atoms with Crippen LogP contribution in [0.3, 0.4) is 0 Å². The molecule has 0 spiro atoms. The SMILES string of the molecule is CCC(CO)C/C=C(\C)F. The molecule has 1 atom stereocenters. The lowest BCUT2D eigenvalue weighted by atomic mass is 10.0. The lowest BCUT2D eigenvalue weighted by Gasteiger charge is -2.06. The van der Waals surface area contributed by atoms with Crippen LogP contribution in [0.4, 0.5) is 4.39 Å². The molecule has 0 bridgehead atoms. The van der Waals surface area contributed by atoms with Crippen LogP contribution in [0.15, 0.2) is 11.9 Å². The van der Waals surface area contributed by atoms with E-state index >= 15 is 0 Å². The van der Waals surface area contributed by atoms with E-state index in [0.29, 0.717) is 6.42 Å². The number of allylic oxidation sites excluding steroid dienone is 2. The summed E-state index contributed by atoms with van der Waals surface area (Å²) < 4.78 is 12.1. The summed E-state index contributed by atoms with van der Waals surface area (Å²) in [5, 5.41) is 8.69. The van der Waals surface area contributed by atoms with E-state index in [1.54, 1.807) is 0 Å². The highest BCUT2D eigenvalue weighted by molar-refractivity contribution is 4.87. The normalized spacial score (nSPS) is 15.4. The third-order valence-corrected chi connectivity index (χ3v) is 1.57. The second kappa shape index (κ2) is 5.42. The molecule has 0 aliphatic heterocycles. The Balaban J connectivity index is 3.54. The Bertz CT molecular complexity index is 102. The minimum absolute atomic E-state index is 0.153. The maximum Gasteiger partial charge on any atom is 0.0929 e. The van der Waals surface area contributed by atoms with Crippen LogP contribution in [-0.4, -0.2) is 11.7 Å². The second-order valence-corrected chi connectivity index (χ2v) is 2.48. The first-order valence-electron chi connectivity index (χ1n) is 3.63. The van der Waals surface area contributed by atoms with Gasteiger partial charge in [-0.2, -0.15) is 0 Å². The summed E-state index contributed by atoms with van der Waals surface area (Å²) in [6.07, 6.45) is 3.07. The van der Waals surface area contributed by atoms with Crippen LogP contribution in [0.5, 0.6) is 0 Å². The maximum atomic E-state index is 12.1. The fourth-order valence-electron chi connectivity index (χ4n) is 0.699. The Labute approximate surface area is 61.6 Å². The van der Waals surface area contributed by atoms with Crippen LogP contribution in [0.25, 0.3) is 0 Å². The molecule has 0 aromatic rings. The van der Waals surface area contributed by atoms with Gasteiger partial charge in [-0.15, -0.1) is 0 Å². The van der Waals surface area contributed by atoms with E-state index in [9.17, 15) is 4.39 Å². The molecule has 10 heavy (non-hydrogen) atoms. The van der Waals surface area contributed by atoms with E-state index in [4.69, 9.17) is 5.11 Å². The van der Waals surface area contributed by atoms with Crippen LogP contribution in [-0.2, 0) is 0 Å². The topological polar surface area (TPSA) is 20.2 Å². The first kappa shape index (κ1) is 9.63. The van der Waals surface area contributed by atoms with Crippen molar-refractivity contribution in [2.45, 2.75) is 26.7 Å². The first-order valence-corrected chi connectivity index (χ1v) is 3.63. The summed E-state index contributed by atoms with van der Waals surface area (Å²) in [4.78, 5) is 0. The Morgan fingerprint density at radius 2 is 2.30 bits per heavy atom. The van der Waals surface area contributed by atoms with E-state index in [1.165, 1.54) is 13.0 Å². The monoisotopic (exact) mass is 146 g/mol. The zero-order valence-electron chi connectivity index (χ0n) is 6.60. The van der Waals surface area contributed by atoms with Crippen molar-refractivity contribution in [3.8, 4) is 0 Å². The summed E-state index contributed by atoms with van der Waals surface area (Å²) in [5.74, 6) is 0.0672. The minimum Gasteiger partial charge on any atom is -0.396 e. The van der Waals surface area contributed by atoms with Crippen molar-refractivity contribution < 1.29 is 9.50 Å². The number of rotatable bonds is 4. The van der Waals surface area contributed by atoms with Gasteiger partial charge in [-0.25, -0.2) is 4.39 Å². The molecule has 0 aliphatic rings. The van der Waals surface area contributed by atoms with Gasteiger partial charge in [0, 0.05) is 6.61 Å². The summed E-state index contributed by atoms with van der Waals surface area (Å²) in [5.41, 5.74) is 0. The zero-order valence-corrected chi connectivity index (χ0v) is 6.60. The third kappa shape index (κ3) is 4.50.